The van der Waals surface area contributed by atoms with Crippen molar-refractivity contribution in [3.63, 3.8) is 0 Å². The molecule has 7 nitrogen and oxygen atoms in total. The van der Waals surface area contributed by atoms with Crippen molar-refractivity contribution in [2.45, 2.75) is 0 Å². The quantitative estimate of drug-likeness (QED) is 0.257. The molecular formula is C27H22N4O3. The summed E-state index contributed by atoms with van der Waals surface area (Å²) < 4.78 is 11.6. The Morgan fingerprint density at radius 2 is 0.971 bits per heavy atom. The molecule has 34 heavy (non-hydrogen) atoms. The van der Waals surface area contributed by atoms with Crippen LogP contribution in [0.1, 0.15) is 11.1 Å². The fraction of sp³-hybridized carbons (Fsp3) is 0. The van der Waals surface area contributed by atoms with E-state index in [4.69, 9.17) is 9.47 Å². The van der Waals surface area contributed by atoms with E-state index >= 15 is 0 Å². The lowest BCUT2D eigenvalue weighted by Gasteiger charge is -2.06. The van der Waals surface area contributed by atoms with Crippen LogP contribution in [0.3, 0.4) is 0 Å². The summed E-state index contributed by atoms with van der Waals surface area (Å²) >= 11 is 0. The van der Waals surface area contributed by atoms with Gasteiger partial charge in [-0.15, -0.1) is 0 Å². The van der Waals surface area contributed by atoms with E-state index in [2.05, 4.69) is 21.1 Å². The number of ether oxygens (including phenoxy) is 2. The van der Waals surface area contributed by atoms with E-state index in [1.54, 1.807) is 0 Å². The van der Waals surface area contributed by atoms with Crippen LogP contribution in [0.2, 0.25) is 0 Å². The van der Waals surface area contributed by atoms with Gasteiger partial charge in [-0.3, -0.25) is 0 Å². The van der Waals surface area contributed by atoms with E-state index < -0.39 is 6.03 Å². The standard InChI is InChI=1S/C27H22N4O3/c32-27(30-28-19-21-9-7-15-25(17-21)33-23-11-3-1-4-12-23)31-29-20-22-10-8-16-26(18-22)34-24-13-5-2-6-14-24/h1-20H,(H2,30,31,32)/b28-19-,29-20-. The number of nitrogens with one attached hydrogen (secondary N) is 2. The zero-order valence-electron chi connectivity index (χ0n) is 18.2. The number of hydrazone groups is 2. The highest BCUT2D eigenvalue weighted by atomic mass is 16.5. The van der Waals surface area contributed by atoms with Gasteiger partial charge in [0.1, 0.15) is 23.0 Å². The largest absolute Gasteiger partial charge is 0.457 e. The van der Waals surface area contributed by atoms with Gasteiger partial charge in [-0.25, -0.2) is 15.6 Å². The minimum Gasteiger partial charge on any atom is -0.457 e. The molecule has 0 saturated carbocycles. The second-order valence-corrected chi connectivity index (χ2v) is 7.04. The molecule has 0 aliphatic rings. The Morgan fingerprint density at radius 3 is 1.41 bits per heavy atom. The van der Waals surface area contributed by atoms with E-state index in [1.165, 1.54) is 12.4 Å². The summed E-state index contributed by atoms with van der Waals surface area (Å²) in [5.41, 5.74) is 6.28. The van der Waals surface area contributed by atoms with Gasteiger partial charge in [0.15, 0.2) is 0 Å². The molecule has 2 amide bonds. The van der Waals surface area contributed by atoms with E-state index in [0.29, 0.717) is 11.5 Å². The van der Waals surface area contributed by atoms with Crippen molar-refractivity contribution in [1.82, 2.24) is 10.9 Å². The van der Waals surface area contributed by atoms with Crippen LogP contribution in [0.15, 0.2) is 119 Å². The third-order valence-electron chi connectivity index (χ3n) is 4.43. The van der Waals surface area contributed by atoms with Crippen molar-refractivity contribution in [3.05, 3.63) is 120 Å². The lowest BCUT2D eigenvalue weighted by Crippen LogP contribution is -2.28. The van der Waals surface area contributed by atoms with Gasteiger partial charge in [0.25, 0.3) is 0 Å². The highest BCUT2D eigenvalue weighted by Crippen LogP contribution is 2.22. The number of carbonyl (C=O) groups excluding carboxylic acids is 1. The Kier molecular flexibility index (Phi) is 7.63. The molecule has 0 heterocycles. The number of amides is 2. The molecule has 4 aromatic rings. The second kappa shape index (κ2) is 11.6. The Balaban J connectivity index is 1.26. The number of hydrogen-bond donors (Lipinski definition) is 2. The minimum absolute atomic E-state index is 0.569. The predicted molar refractivity (Wildman–Crippen MR) is 133 cm³/mol. The van der Waals surface area contributed by atoms with E-state index in [-0.39, 0.29) is 0 Å². The van der Waals surface area contributed by atoms with Crippen LogP contribution >= 0.6 is 0 Å². The van der Waals surface area contributed by atoms with Crippen molar-refractivity contribution in [3.8, 4) is 23.0 Å². The molecule has 0 radical (unpaired) electrons. The highest BCUT2D eigenvalue weighted by molar-refractivity contribution is 5.84. The van der Waals surface area contributed by atoms with Crippen LogP contribution in [0, 0.1) is 0 Å². The summed E-state index contributed by atoms with van der Waals surface area (Å²) in [5, 5.41) is 7.88. The number of urea groups is 1. The monoisotopic (exact) mass is 450 g/mol. The molecule has 7 heteroatoms. The maximum absolute atomic E-state index is 11.9. The third kappa shape index (κ3) is 7.06. The van der Waals surface area contributed by atoms with Crippen molar-refractivity contribution < 1.29 is 14.3 Å². The summed E-state index contributed by atoms with van der Waals surface area (Å²) in [6.45, 7) is 0. The molecule has 0 unspecified atom stereocenters. The van der Waals surface area contributed by atoms with Gasteiger partial charge in [0, 0.05) is 0 Å². The Labute approximate surface area is 197 Å². The van der Waals surface area contributed by atoms with Crippen molar-refractivity contribution in [1.29, 1.82) is 0 Å². The molecule has 2 N–H and O–H groups in total. The molecule has 0 atom stereocenters. The molecular weight excluding hydrogens is 428 g/mol. The fourth-order valence-corrected chi connectivity index (χ4v) is 2.92. The summed E-state index contributed by atoms with van der Waals surface area (Å²) in [7, 11) is 0. The van der Waals surface area contributed by atoms with Gasteiger partial charge in [0.2, 0.25) is 0 Å². The van der Waals surface area contributed by atoms with Crippen LogP contribution in [0.4, 0.5) is 4.79 Å². The van der Waals surface area contributed by atoms with Gasteiger partial charge in [-0.2, -0.15) is 10.2 Å². The fourth-order valence-electron chi connectivity index (χ4n) is 2.92. The summed E-state index contributed by atoms with van der Waals surface area (Å²) in [4.78, 5) is 11.9. The average molecular weight is 450 g/mol. The van der Waals surface area contributed by atoms with E-state index in [9.17, 15) is 4.79 Å². The van der Waals surface area contributed by atoms with E-state index in [0.717, 1.165) is 22.6 Å². The van der Waals surface area contributed by atoms with Crippen LogP contribution < -0.4 is 20.3 Å². The van der Waals surface area contributed by atoms with Crippen molar-refractivity contribution in [2.75, 3.05) is 0 Å². The SMILES string of the molecule is O=C(N/N=C\c1cccc(Oc2ccccc2)c1)N/N=C\c1cccc(Oc2ccccc2)c1. The lowest BCUT2D eigenvalue weighted by atomic mass is 10.2. The maximum Gasteiger partial charge on any atom is 0.355 e. The molecule has 0 aromatic heterocycles. The average Bonchev–Trinajstić information content (AvgIpc) is 2.86. The molecule has 0 saturated heterocycles. The van der Waals surface area contributed by atoms with Gasteiger partial charge < -0.3 is 9.47 Å². The number of hydrogen-bond acceptors (Lipinski definition) is 5. The van der Waals surface area contributed by atoms with Crippen LogP contribution in [0.5, 0.6) is 23.0 Å². The van der Waals surface area contributed by atoms with Crippen LogP contribution in [-0.2, 0) is 0 Å². The Bertz CT molecular complexity index is 1180. The van der Waals surface area contributed by atoms with Crippen molar-refractivity contribution >= 4 is 18.5 Å². The first-order valence-electron chi connectivity index (χ1n) is 10.5. The van der Waals surface area contributed by atoms with E-state index in [1.807, 2.05) is 109 Å². The van der Waals surface area contributed by atoms with Crippen molar-refractivity contribution in [2.24, 2.45) is 10.2 Å². The summed E-state index contributed by atoms with van der Waals surface area (Å²) in [6, 6.07) is 33.1. The van der Waals surface area contributed by atoms with Crippen LogP contribution in [0.25, 0.3) is 0 Å². The molecule has 168 valence electrons. The van der Waals surface area contributed by atoms with Gasteiger partial charge >= 0.3 is 6.03 Å². The maximum atomic E-state index is 11.9. The third-order valence-corrected chi connectivity index (χ3v) is 4.43. The zero-order chi connectivity index (χ0) is 23.4. The Hall–Kier alpha value is -4.91. The first-order chi connectivity index (χ1) is 16.7. The topological polar surface area (TPSA) is 84.3 Å². The van der Waals surface area contributed by atoms with Gasteiger partial charge in [-0.05, 0) is 59.7 Å². The predicted octanol–water partition coefficient (Wildman–Crippen LogP) is 5.94. The molecule has 4 aromatic carbocycles. The smallest absolute Gasteiger partial charge is 0.355 e. The zero-order valence-corrected chi connectivity index (χ0v) is 18.2. The normalized spacial score (nSPS) is 10.8. The number of benzene rings is 4. The van der Waals surface area contributed by atoms with Gasteiger partial charge in [0.05, 0.1) is 12.4 Å². The first kappa shape index (κ1) is 22.3. The molecule has 0 fully saturated rings. The lowest BCUT2D eigenvalue weighted by molar-refractivity contribution is 0.242. The van der Waals surface area contributed by atoms with Gasteiger partial charge in [-0.1, -0.05) is 60.7 Å². The summed E-state index contributed by atoms with van der Waals surface area (Å²) in [5.74, 6) is 2.82. The molecule has 0 aliphatic heterocycles. The second-order valence-electron chi connectivity index (χ2n) is 7.04. The number of carbonyl (C=O) groups is 1. The number of nitrogens with zero attached hydrogens (tertiary/aromatic N) is 2. The van der Waals surface area contributed by atoms with Crippen LogP contribution in [-0.4, -0.2) is 18.5 Å². The highest BCUT2D eigenvalue weighted by Gasteiger charge is 2.00. The molecule has 0 aliphatic carbocycles. The number of para-hydroxylation sites is 2. The molecule has 0 spiro atoms. The molecule has 0 bridgehead atoms. The molecule has 4 rings (SSSR count). The number of rotatable bonds is 8. The summed E-state index contributed by atoms with van der Waals surface area (Å²) in [6.07, 6.45) is 3.04. The Morgan fingerprint density at radius 1 is 0.559 bits per heavy atom. The first-order valence-corrected chi connectivity index (χ1v) is 10.5. The minimum atomic E-state index is -0.569.